The first-order valence-electron chi connectivity index (χ1n) is 11.7. The molecule has 34 heavy (non-hydrogen) atoms. The van der Waals surface area contributed by atoms with Crippen LogP contribution in [0.25, 0.3) is 5.82 Å². The molecule has 4 aromatic rings. The van der Waals surface area contributed by atoms with Gasteiger partial charge in [0.1, 0.15) is 11.4 Å². The van der Waals surface area contributed by atoms with Gasteiger partial charge in [0.2, 0.25) is 0 Å². The highest BCUT2D eigenvalue weighted by atomic mass is 16.1. The van der Waals surface area contributed by atoms with Gasteiger partial charge in [-0.15, -0.1) is 0 Å². The molecule has 1 amide bonds. The van der Waals surface area contributed by atoms with E-state index >= 15 is 0 Å². The van der Waals surface area contributed by atoms with Crippen molar-refractivity contribution in [3.63, 3.8) is 0 Å². The second-order valence-corrected chi connectivity index (χ2v) is 8.78. The van der Waals surface area contributed by atoms with Crippen molar-refractivity contribution < 1.29 is 4.79 Å². The third-order valence-electron chi connectivity index (χ3n) is 6.33. The van der Waals surface area contributed by atoms with E-state index in [-0.39, 0.29) is 5.91 Å². The largest absolute Gasteiger partial charge is 0.322 e. The van der Waals surface area contributed by atoms with Crippen molar-refractivity contribution in [2.24, 2.45) is 7.05 Å². The third-order valence-corrected chi connectivity index (χ3v) is 6.33. The fourth-order valence-electron chi connectivity index (χ4n) is 4.47. The molecule has 2 aromatic heterocycles. The standard InChI is InChI=1S/C27H30N6O/c1-30-27(33-13-5-6-14-33)25(19-28-30)26(34)29-24-11-9-23(10-12-24)21-32-17-15-31(16-18-32)20-22-7-3-2-4-8-22/h2-14,19H,15-18,20-21H2,1H3,(H,29,34). The van der Waals surface area contributed by atoms with E-state index in [0.717, 1.165) is 50.8 Å². The number of anilines is 1. The molecule has 174 valence electrons. The van der Waals surface area contributed by atoms with E-state index in [1.807, 2.05) is 48.3 Å². The van der Waals surface area contributed by atoms with Crippen molar-refractivity contribution in [2.75, 3.05) is 31.5 Å². The summed E-state index contributed by atoms with van der Waals surface area (Å²) in [4.78, 5) is 17.9. The normalized spacial score (nSPS) is 14.9. The summed E-state index contributed by atoms with van der Waals surface area (Å²) in [7, 11) is 1.84. The summed E-state index contributed by atoms with van der Waals surface area (Å²) in [5, 5.41) is 7.28. The molecule has 1 N–H and O–H groups in total. The first-order chi connectivity index (χ1) is 16.7. The predicted octanol–water partition coefficient (Wildman–Crippen LogP) is 3.78. The van der Waals surface area contributed by atoms with Gasteiger partial charge in [0, 0.05) is 64.4 Å². The predicted molar refractivity (Wildman–Crippen MR) is 134 cm³/mol. The summed E-state index contributed by atoms with van der Waals surface area (Å²) in [5.74, 6) is 0.574. The molecule has 0 atom stereocenters. The molecule has 2 aromatic carbocycles. The van der Waals surface area contributed by atoms with Crippen molar-refractivity contribution in [3.05, 3.63) is 102 Å². The molecule has 1 saturated heterocycles. The quantitative estimate of drug-likeness (QED) is 0.462. The molecule has 0 unspecified atom stereocenters. The Morgan fingerprint density at radius 1 is 0.824 bits per heavy atom. The van der Waals surface area contributed by atoms with Gasteiger partial charge < -0.3 is 9.88 Å². The topological polar surface area (TPSA) is 58.3 Å². The van der Waals surface area contributed by atoms with Crippen molar-refractivity contribution in [3.8, 4) is 5.82 Å². The van der Waals surface area contributed by atoms with Crippen LogP contribution in [0.4, 0.5) is 5.69 Å². The van der Waals surface area contributed by atoms with Crippen molar-refractivity contribution in [2.45, 2.75) is 13.1 Å². The fraction of sp³-hybridized carbons (Fsp3) is 0.259. The lowest BCUT2D eigenvalue weighted by Crippen LogP contribution is -2.45. The summed E-state index contributed by atoms with van der Waals surface area (Å²) in [6.45, 7) is 6.23. The summed E-state index contributed by atoms with van der Waals surface area (Å²) >= 11 is 0. The van der Waals surface area contributed by atoms with E-state index in [2.05, 4.69) is 62.7 Å². The Morgan fingerprint density at radius 2 is 1.41 bits per heavy atom. The van der Waals surface area contributed by atoms with Crippen molar-refractivity contribution >= 4 is 11.6 Å². The van der Waals surface area contributed by atoms with Crippen LogP contribution in [-0.4, -0.2) is 56.2 Å². The summed E-state index contributed by atoms with van der Waals surface area (Å²) in [6.07, 6.45) is 5.42. The Labute approximate surface area is 200 Å². The SMILES string of the molecule is Cn1ncc(C(=O)Nc2ccc(CN3CCN(Cc4ccccc4)CC3)cc2)c1-n1cccc1. The van der Waals surface area contributed by atoms with Gasteiger partial charge in [-0.1, -0.05) is 42.5 Å². The van der Waals surface area contributed by atoms with Crippen LogP contribution in [-0.2, 0) is 20.1 Å². The fourth-order valence-corrected chi connectivity index (χ4v) is 4.47. The van der Waals surface area contributed by atoms with Crippen LogP contribution in [0.3, 0.4) is 0 Å². The van der Waals surface area contributed by atoms with Crippen LogP contribution in [0.2, 0.25) is 0 Å². The average Bonchev–Trinajstić information content (AvgIpc) is 3.52. The summed E-state index contributed by atoms with van der Waals surface area (Å²) in [5.41, 5.74) is 3.95. The number of nitrogens with zero attached hydrogens (tertiary/aromatic N) is 5. The molecule has 0 spiro atoms. The minimum absolute atomic E-state index is 0.168. The highest BCUT2D eigenvalue weighted by molar-refractivity contribution is 6.06. The number of rotatable bonds is 7. The van der Waals surface area contributed by atoms with E-state index in [1.165, 1.54) is 11.1 Å². The van der Waals surface area contributed by atoms with Crippen LogP contribution < -0.4 is 5.32 Å². The van der Waals surface area contributed by atoms with Crippen molar-refractivity contribution in [1.29, 1.82) is 0 Å². The highest BCUT2D eigenvalue weighted by Crippen LogP contribution is 2.18. The summed E-state index contributed by atoms with van der Waals surface area (Å²) < 4.78 is 3.60. The van der Waals surface area contributed by atoms with Gasteiger partial charge in [0.25, 0.3) is 5.91 Å². The second-order valence-electron chi connectivity index (χ2n) is 8.78. The maximum absolute atomic E-state index is 12.9. The molecule has 1 aliphatic rings. The number of aromatic nitrogens is 3. The molecule has 0 bridgehead atoms. The number of nitrogens with one attached hydrogen (secondary N) is 1. The lowest BCUT2D eigenvalue weighted by atomic mass is 10.1. The molecule has 7 heteroatoms. The zero-order chi connectivity index (χ0) is 23.3. The first kappa shape index (κ1) is 22.1. The molecule has 7 nitrogen and oxygen atoms in total. The molecule has 0 radical (unpaired) electrons. The molecule has 3 heterocycles. The van der Waals surface area contributed by atoms with Gasteiger partial charge in [-0.25, -0.2) is 0 Å². The van der Waals surface area contributed by atoms with Crippen molar-refractivity contribution in [1.82, 2.24) is 24.1 Å². The minimum atomic E-state index is -0.168. The monoisotopic (exact) mass is 454 g/mol. The second kappa shape index (κ2) is 10.1. The zero-order valence-electron chi connectivity index (χ0n) is 19.5. The van der Waals surface area contributed by atoms with Gasteiger partial charge in [0.15, 0.2) is 0 Å². The number of piperazine rings is 1. The number of aryl methyl sites for hydroxylation is 1. The summed E-state index contributed by atoms with van der Waals surface area (Å²) in [6, 6.07) is 22.7. The number of amides is 1. The number of carbonyl (C=O) groups excluding carboxylic acids is 1. The molecule has 0 saturated carbocycles. The minimum Gasteiger partial charge on any atom is -0.322 e. The van der Waals surface area contributed by atoms with Gasteiger partial charge >= 0.3 is 0 Å². The van der Waals surface area contributed by atoms with E-state index in [1.54, 1.807) is 10.9 Å². The van der Waals surface area contributed by atoms with Crippen LogP contribution in [0.5, 0.6) is 0 Å². The van der Waals surface area contributed by atoms with Crippen LogP contribution in [0.15, 0.2) is 85.3 Å². The van der Waals surface area contributed by atoms with E-state index in [9.17, 15) is 4.79 Å². The maximum atomic E-state index is 12.9. The third kappa shape index (κ3) is 5.11. The first-order valence-corrected chi connectivity index (χ1v) is 11.7. The number of hydrogen-bond acceptors (Lipinski definition) is 4. The highest BCUT2D eigenvalue weighted by Gasteiger charge is 2.19. The smallest absolute Gasteiger partial charge is 0.261 e. The molecule has 0 aliphatic carbocycles. The lowest BCUT2D eigenvalue weighted by molar-refractivity contribution is 0.102. The average molecular weight is 455 g/mol. The molecular formula is C27H30N6O. The maximum Gasteiger partial charge on any atom is 0.261 e. The van der Waals surface area contributed by atoms with E-state index in [4.69, 9.17) is 0 Å². The zero-order valence-corrected chi connectivity index (χ0v) is 19.5. The Kier molecular flexibility index (Phi) is 6.56. The molecule has 1 fully saturated rings. The van der Waals surface area contributed by atoms with Gasteiger partial charge in [0.05, 0.1) is 6.20 Å². The molecular weight excluding hydrogens is 424 g/mol. The van der Waals surface area contributed by atoms with E-state index in [0.29, 0.717) is 5.56 Å². The Balaban J connectivity index is 1.14. The molecule has 1 aliphatic heterocycles. The van der Waals surface area contributed by atoms with Gasteiger partial charge in [-0.2, -0.15) is 5.10 Å². The Hall–Kier alpha value is -3.68. The lowest BCUT2D eigenvalue weighted by Gasteiger charge is -2.34. The Bertz CT molecular complexity index is 1210. The van der Waals surface area contributed by atoms with Crippen LogP contribution in [0, 0.1) is 0 Å². The van der Waals surface area contributed by atoms with Gasteiger partial charge in [-0.05, 0) is 35.4 Å². The number of benzene rings is 2. The molecule has 5 rings (SSSR count). The van der Waals surface area contributed by atoms with Gasteiger partial charge in [-0.3, -0.25) is 19.3 Å². The number of carbonyl (C=O) groups is 1. The Morgan fingerprint density at radius 3 is 2.03 bits per heavy atom. The van der Waals surface area contributed by atoms with Crippen LogP contribution in [0.1, 0.15) is 21.5 Å². The number of hydrogen-bond donors (Lipinski definition) is 1. The van der Waals surface area contributed by atoms with E-state index < -0.39 is 0 Å². The van der Waals surface area contributed by atoms with Crippen LogP contribution >= 0.6 is 0 Å².